The van der Waals surface area contributed by atoms with Crippen molar-refractivity contribution in [1.29, 1.82) is 0 Å². The SMILES string of the molecule is COC(=O)c1cnn(Cn2cc(N)cn2)c1. The molecule has 2 rings (SSSR count). The fourth-order valence-electron chi connectivity index (χ4n) is 1.27. The molecule has 0 amide bonds. The number of methoxy groups -OCH3 is 1. The van der Waals surface area contributed by atoms with Crippen molar-refractivity contribution < 1.29 is 9.53 Å². The second-order valence-electron chi connectivity index (χ2n) is 3.21. The lowest BCUT2D eigenvalue weighted by Crippen LogP contribution is -2.09. The molecule has 2 aromatic rings. The van der Waals surface area contributed by atoms with Gasteiger partial charge in [0.15, 0.2) is 0 Å². The summed E-state index contributed by atoms with van der Waals surface area (Å²) in [5.74, 6) is -0.411. The standard InChI is InChI=1S/C9H11N5O2/c1-16-9(15)7-2-11-13(4-7)6-14-5-8(10)3-12-14/h2-5H,6,10H2,1H3. The molecular weight excluding hydrogens is 210 g/mol. The van der Waals surface area contributed by atoms with Gasteiger partial charge in [0.25, 0.3) is 0 Å². The van der Waals surface area contributed by atoms with Gasteiger partial charge in [-0.25, -0.2) is 9.48 Å². The molecular formula is C9H11N5O2. The van der Waals surface area contributed by atoms with Gasteiger partial charge in [-0.3, -0.25) is 4.68 Å². The van der Waals surface area contributed by atoms with Crippen molar-refractivity contribution in [3.05, 3.63) is 30.4 Å². The van der Waals surface area contributed by atoms with E-state index in [1.54, 1.807) is 28.0 Å². The van der Waals surface area contributed by atoms with Crippen molar-refractivity contribution in [1.82, 2.24) is 19.6 Å². The van der Waals surface area contributed by atoms with E-state index in [1.807, 2.05) is 0 Å². The zero-order valence-corrected chi connectivity index (χ0v) is 8.70. The molecule has 2 N–H and O–H groups in total. The van der Waals surface area contributed by atoms with Crippen molar-refractivity contribution in [2.24, 2.45) is 0 Å². The maximum absolute atomic E-state index is 11.2. The Morgan fingerprint density at radius 1 is 1.38 bits per heavy atom. The molecule has 0 radical (unpaired) electrons. The minimum absolute atomic E-state index is 0.397. The maximum Gasteiger partial charge on any atom is 0.341 e. The van der Waals surface area contributed by atoms with Crippen molar-refractivity contribution in [3.63, 3.8) is 0 Å². The highest BCUT2D eigenvalue weighted by Gasteiger charge is 2.08. The first-order valence-electron chi connectivity index (χ1n) is 4.58. The number of nitrogen functional groups attached to an aromatic ring is 1. The number of ether oxygens (including phenoxy) is 1. The fraction of sp³-hybridized carbons (Fsp3) is 0.222. The third-order valence-electron chi connectivity index (χ3n) is 2.00. The number of rotatable bonds is 3. The summed E-state index contributed by atoms with van der Waals surface area (Å²) >= 11 is 0. The number of hydrogen-bond acceptors (Lipinski definition) is 5. The molecule has 7 nitrogen and oxygen atoms in total. The summed E-state index contributed by atoms with van der Waals surface area (Å²) in [6.07, 6.45) is 6.26. The molecule has 0 spiro atoms. The molecule has 0 aromatic carbocycles. The monoisotopic (exact) mass is 221 g/mol. The lowest BCUT2D eigenvalue weighted by Gasteiger charge is -2.00. The predicted octanol–water partition coefficient (Wildman–Crippen LogP) is -0.0458. The third kappa shape index (κ3) is 2.02. The number of hydrogen-bond donors (Lipinski definition) is 1. The van der Waals surface area contributed by atoms with Crippen LogP contribution >= 0.6 is 0 Å². The maximum atomic E-state index is 11.2. The van der Waals surface area contributed by atoms with Crippen LogP contribution in [0.5, 0.6) is 0 Å². The number of carbonyl (C=O) groups excluding carboxylic acids is 1. The molecule has 0 saturated heterocycles. The molecule has 0 saturated carbocycles. The van der Waals surface area contributed by atoms with Crippen LogP contribution in [-0.2, 0) is 11.4 Å². The van der Waals surface area contributed by atoms with Gasteiger partial charge in [0.05, 0.1) is 37.0 Å². The average Bonchev–Trinajstić information content (AvgIpc) is 2.87. The van der Waals surface area contributed by atoms with E-state index in [4.69, 9.17) is 5.73 Å². The average molecular weight is 221 g/mol. The van der Waals surface area contributed by atoms with Crippen LogP contribution in [0.1, 0.15) is 10.4 Å². The van der Waals surface area contributed by atoms with Gasteiger partial charge in [0.1, 0.15) is 6.67 Å². The predicted molar refractivity (Wildman–Crippen MR) is 55.6 cm³/mol. The molecule has 0 unspecified atom stereocenters. The van der Waals surface area contributed by atoms with Crippen molar-refractivity contribution >= 4 is 11.7 Å². The van der Waals surface area contributed by atoms with E-state index in [-0.39, 0.29) is 0 Å². The number of nitrogens with two attached hydrogens (primary N) is 1. The Bertz CT molecular complexity index is 501. The van der Waals surface area contributed by atoms with Crippen LogP contribution in [0.2, 0.25) is 0 Å². The Labute approximate surface area is 91.4 Å². The van der Waals surface area contributed by atoms with Crippen LogP contribution in [-0.4, -0.2) is 32.6 Å². The Hall–Kier alpha value is -2.31. The lowest BCUT2D eigenvalue weighted by atomic mass is 10.4. The molecule has 0 atom stereocenters. The summed E-state index contributed by atoms with van der Waals surface area (Å²) in [5.41, 5.74) is 6.51. The first-order chi connectivity index (χ1) is 7.69. The topological polar surface area (TPSA) is 88.0 Å². The first kappa shape index (κ1) is 10.2. The number of esters is 1. The zero-order valence-electron chi connectivity index (χ0n) is 8.70. The highest BCUT2D eigenvalue weighted by atomic mass is 16.5. The molecule has 2 heterocycles. The number of nitrogens with zero attached hydrogens (tertiary/aromatic N) is 4. The van der Waals surface area contributed by atoms with Crippen LogP contribution in [0.25, 0.3) is 0 Å². The van der Waals surface area contributed by atoms with Crippen LogP contribution in [0, 0.1) is 0 Å². The van der Waals surface area contributed by atoms with Gasteiger partial charge in [-0.1, -0.05) is 0 Å². The molecule has 7 heteroatoms. The van der Waals surface area contributed by atoms with Gasteiger partial charge in [0, 0.05) is 6.20 Å². The van der Waals surface area contributed by atoms with E-state index in [2.05, 4.69) is 14.9 Å². The summed E-state index contributed by atoms with van der Waals surface area (Å²) in [5, 5.41) is 8.00. The first-order valence-corrected chi connectivity index (χ1v) is 4.58. The molecule has 2 aromatic heterocycles. The number of anilines is 1. The van der Waals surface area contributed by atoms with E-state index >= 15 is 0 Å². The second-order valence-corrected chi connectivity index (χ2v) is 3.21. The number of carbonyl (C=O) groups is 1. The highest BCUT2D eigenvalue weighted by Crippen LogP contribution is 2.02. The van der Waals surface area contributed by atoms with E-state index < -0.39 is 5.97 Å². The highest BCUT2D eigenvalue weighted by molar-refractivity contribution is 5.88. The van der Waals surface area contributed by atoms with Crippen molar-refractivity contribution in [3.8, 4) is 0 Å². The van der Waals surface area contributed by atoms with Gasteiger partial charge >= 0.3 is 5.97 Å². The van der Waals surface area contributed by atoms with E-state index in [0.717, 1.165) is 0 Å². The summed E-state index contributed by atoms with van der Waals surface area (Å²) in [7, 11) is 1.33. The third-order valence-corrected chi connectivity index (χ3v) is 2.00. The van der Waals surface area contributed by atoms with Gasteiger partial charge in [-0.2, -0.15) is 10.2 Å². The Morgan fingerprint density at radius 3 is 2.69 bits per heavy atom. The molecule has 0 aliphatic carbocycles. The quantitative estimate of drug-likeness (QED) is 0.734. The largest absolute Gasteiger partial charge is 0.465 e. The molecule has 0 aliphatic heterocycles. The Balaban J connectivity index is 2.11. The lowest BCUT2D eigenvalue weighted by molar-refractivity contribution is 0.0600. The fourth-order valence-corrected chi connectivity index (χ4v) is 1.27. The molecule has 84 valence electrons. The summed E-state index contributed by atoms with van der Waals surface area (Å²) in [4.78, 5) is 11.2. The minimum atomic E-state index is -0.411. The van der Waals surface area contributed by atoms with Crippen molar-refractivity contribution in [2.75, 3.05) is 12.8 Å². The van der Waals surface area contributed by atoms with Crippen LogP contribution in [0.15, 0.2) is 24.8 Å². The Kier molecular flexibility index (Phi) is 2.59. The zero-order chi connectivity index (χ0) is 11.5. The minimum Gasteiger partial charge on any atom is -0.465 e. The van der Waals surface area contributed by atoms with Crippen LogP contribution in [0.3, 0.4) is 0 Å². The summed E-state index contributed by atoms with van der Waals surface area (Å²) in [6.45, 7) is 0.397. The van der Waals surface area contributed by atoms with Crippen LogP contribution in [0.4, 0.5) is 5.69 Å². The smallest absolute Gasteiger partial charge is 0.341 e. The van der Waals surface area contributed by atoms with Gasteiger partial charge in [-0.05, 0) is 0 Å². The normalized spacial score (nSPS) is 10.3. The second kappa shape index (κ2) is 4.05. The molecule has 16 heavy (non-hydrogen) atoms. The molecule has 0 bridgehead atoms. The van der Waals surface area contributed by atoms with Crippen LogP contribution < -0.4 is 5.73 Å². The summed E-state index contributed by atoms with van der Waals surface area (Å²) in [6, 6.07) is 0. The van der Waals surface area contributed by atoms with Gasteiger partial charge < -0.3 is 10.5 Å². The van der Waals surface area contributed by atoms with E-state index in [9.17, 15) is 4.79 Å². The summed E-state index contributed by atoms with van der Waals surface area (Å²) < 4.78 is 7.75. The van der Waals surface area contributed by atoms with Gasteiger partial charge in [0.2, 0.25) is 0 Å². The number of aromatic nitrogens is 4. The van der Waals surface area contributed by atoms with E-state index in [0.29, 0.717) is 17.9 Å². The van der Waals surface area contributed by atoms with Gasteiger partial charge in [-0.15, -0.1) is 0 Å². The molecule has 0 aliphatic rings. The van der Waals surface area contributed by atoms with Crippen molar-refractivity contribution in [2.45, 2.75) is 6.67 Å². The Morgan fingerprint density at radius 2 is 2.06 bits per heavy atom. The van der Waals surface area contributed by atoms with E-state index in [1.165, 1.54) is 13.3 Å². The molecule has 0 fully saturated rings.